The zero-order chi connectivity index (χ0) is 17.3. The van der Waals surface area contributed by atoms with Crippen molar-refractivity contribution < 1.29 is 9.18 Å². The van der Waals surface area contributed by atoms with Crippen molar-refractivity contribution in [3.05, 3.63) is 71.2 Å². The Morgan fingerprint density at radius 3 is 2.62 bits per heavy atom. The second-order valence-electron chi connectivity index (χ2n) is 6.18. The molecule has 3 aromatic rings. The molecule has 3 rings (SSSR count). The van der Waals surface area contributed by atoms with Crippen LogP contribution in [-0.2, 0) is 0 Å². The van der Waals surface area contributed by atoms with Gasteiger partial charge in [0.25, 0.3) is 5.91 Å². The summed E-state index contributed by atoms with van der Waals surface area (Å²) in [6, 6.07) is 13.7. The Labute approximate surface area is 140 Å². The van der Waals surface area contributed by atoms with Gasteiger partial charge in [0.15, 0.2) is 0 Å². The van der Waals surface area contributed by atoms with Gasteiger partial charge in [-0.15, -0.1) is 0 Å². The maximum Gasteiger partial charge on any atom is 0.256 e. The van der Waals surface area contributed by atoms with Crippen molar-refractivity contribution in [3.63, 3.8) is 0 Å². The van der Waals surface area contributed by atoms with Crippen molar-refractivity contribution in [2.45, 2.75) is 26.7 Å². The Kier molecular flexibility index (Phi) is 4.30. The smallest absolute Gasteiger partial charge is 0.256 e. The molecule has 1 aromatic heterocycles. The van der Waals surface area contributed by atoms with E-state index in [4.69, 9.17) is 0 Å². The van der Waals surface area contributed by atoms with E-state index in [1.165, 1.54) is 12.1 Å². The number of para-hydroxylation sites is 1. The van der Waals surface area contributed by atoms with Crippen LogP contribution in [0.15, 0.2) is 48.5 Å². The summed E-state index contributed by atoms with van der Waals surface area (Å²) < 4.78 is 13.5. The van der Waals surface area contributed by atoms with Gasteiger partial charge in [-0.05, 0) is 42.7 Å². The summed E-state index contributed by atoms with van der Waals surface area (Å²) in [5.41, 5.74) is 3.48. The molecule has 1 heterocycles. The molecule has 0 fully saturated rings. The summed E-state index contributed by atoms with van der Waals surface area (Å²) in [5, 5.41) is 3.60. The van der Waals surface area contributed by atoms with Gasteiger partial charge in [0, 0.05) is 16.8 Å². The van der Waals surface area contributed by atoms with Crippen LogP contribution in [0.4, 0.5) is 10.1 Å². The number of rotatable bonds is 3. The third-order valence-electron chi connectivity index (χ3n) is 4.02. The summed E-state index contributed by atoms with van der Waals surface area (Å²) in [4.78, 5) is 17.4. The average Bonchev–Trinajstić information content (AvgIpc) is 2.57. The molecule has 0 saturated heterocycles. The van der Waals surface area contributed by atoms with Crippen LogP contribution in [0.2, 0.25) is 0 Å². The maximum atomic E-state index is 13.5. The normalized spacial score (nSPS) is 11.0. The van der Waals surface area contributed by atoms with Crippen LogP contribution >= 0.6 is 0 Å². The molecule has 2 aromatic carbocycles. The molecular weight excluding hydrogens is 303 g/mol. The van der Waals surface area contributed by atoms with Gasteiger partial charge in [0.05, 0.1) is 11.1 Å². The van der Waals surface area contributed by atoms with E-state index in [0.29, 0.717) is 11.3 Å². The molecule has 0 atom stereocenters. The first-order chi connectivity index (χ1) is 11.5. The molecule has 1 N–H and O–H groups in total. The van der Waals surface area contributed by atoms with Gasteiger partial charge >= 0.3 is 0 Å². The first kappa shape index (κ1) is 16.1. The number of aryl methyl sites for hydroxylation is 1. The van der Waals surface area contributed by atoms with E-state index in [-0.39, 0.29) is 17.6 Å². The minimum Gasteiger partial charge on any atom is -0.322 e. The summed E-state index contributed by atoms with van der Waals surface area (Å²) in [5.74, 6) is -0.431. The molecule has 0 aliphatic carbocycles. The monoisotopic (exact) mass is 322 g/mol. The Bertz CT molecular complexity index is 919. The van der Waals surface area contributed by atoms with Crippen LogP contribution < -0.4 is 5.32 Å². The number of hydrogen-bond donors (Lipinski definition) is 1. The first-order valence-electron chi connectivity index (χ1n) is 7.93. The lowest BCUT2D eigenvalue weighted by Gasteiger charge is -2.13. The molecule has 24 heavy (non-hydrogen) atoms. The van der Waals surface area contributed by atoms with Crippen LogP contribution in [-0.4, -0.2) is 10.9 Å². The van der Waals surface area contributed by atoms with Gasteiger partial charge < -0.3 is 5.32 Å². The molecular formula is C20H19FN2O. The summed E-state index contributed by atoms with van der Waals surface area (Å²) in [6.07, 6.45) is 0. The molecule has 0 radical (unpaired) electrons. The minimum absolute atomic E-state index is 0.206. The van der Waals surface area contributed by atoms with Crippen molar-refractivity contribution in [1.82, 2.24) is 4.98 Å². The Hall–Kier alpha value is -2.75. The average molecular weight is 322 g/mol. The van der Waals surface area contributed by atoms with Crippen LogP contribution in [0.1, 0.15) is 41.4 Å². The van der Waals surface area contributed by atoms with Crippen molar-refractivity contribution in [2.75, 3.05) is 5.32 Å². The van der Waals surface area contributed by atoms with Crippen LogP contribution in [0, 0.1) is 12.7 Å². The zero-order valence-electron chi connectivity index (χ0n) is 13.9. The number of anilines is 1. The highest BCUT2D eigenvalue weighted by atomic mass is 19.1. The third kappa shape index (κ3) is 3.13. The Morgan fingerprint density at radius 1 is 1.12 bits per heavy atom. The molecule has 122 valence electrons. The number of nitrogens with one attached hydrogen (secondary N) is 1. The fraction of sp³-hybridized carbons (Fsp3) is 0.200. The van der Waals surface area contributed by atoms with E-state index in [1.54, 1.807) is 6.07 Å². The maximum absolute atomic E-state index is 13.5. The number of carbonyl (C=O) groups is 1. The fourth-order valence-corrected chi connectivity index (χ4v) is 2.60. The van der Waals surface area contributed by atoms with Gasteiger partial charge in [0.2, 0.25) is 0 Å². The van der Waals surface area contributed by atoms with Gasteiger partial charge in [-0.25, -0.2) is 4.39 Å². The molecule has 0 aliphatic heterocycles. The van der Waals surface area contributed by atoms with Gasteiger partial charge in [-0.2, -0.15) is 0 Å². The second-order valence-corrected chi connectivity index (χ2v) is 6.18. The number of halogens is 1. The van der Waals surface area contributed by atoms with Crippen molar-refractivity contribution >= 4 is 22.5 Å². The predicted molar refractivity (Wildman–Crippen MR) is 94.9 cm³/mol. The Balaban J connectivity index is 2.07. The van der Waals surface area contributed by atoms with Crippen molar-refractivity contribution in [1.29, 1.82) is 0 Å². The number of pyridine rings is 1. The lowest BCUT2D eigenvalue weighted by Crippen LogP contribution is -2.14. The van der Waals surface area contributed by atoms with E-state index in [2.05, 4.69) is 10.3 Å². The predicted octanol–water partition coefficient (Wildman–Crippen LogP) is 5.06. The summed E-state index contributed by atoms with van der Waals surface area (Å²) >= 11 is 0. The highest BCUT2D eigenvalue weighted by Crippen LogP contribution is 2.24. The summed E-state index contributed by atoms with van der Waals surface area (Å²) in [6.45, 7) is 5.91. The van der Waals surface area contributed by atoms with Crippen molar-refractivity contribution in [3.8, 4) is 0 Å². The largest absolute Gasteiger partial charge is 0.322 e. The van der Waals surface area contributed by atoms with Crippen LogP contribution in [0.5, 0.6) is 0 Å². The highest BCUT2D eigenvalue weighted by molar-refractivity contribution is 6.12. The minimum atomic E-state index is -0.377. The molecule has 0 saturated carbocycles. The second kappa shape index (κ2) is 6.40. The standard InChI is InChI=1S/C20H19FN2O/c1-12(2)18-11-16(15-6-4-5-7-17(15)22-18)20(24)23-19-10-14(21)9-8-13(19)3/h4-12H,1-3H3,(H,23,24). The van der Waals surface area contributed by atoms with E-state index in [0.717, 1.165) is 22.2 Å². The molecule has 3 nitrogen and oxygen atoms in total. The molecule has 0 unspecified atom stereocenters. The lowest BCUT2D eigenvalue weighted by molar-refractivity contribution is 0.102. The van der Waals surface area contributed by atoms with E-state index in [1.807, 2.05) is 51.1 Å². The lowest BCUT2D eigenvalue weighted by atomic mass is 10.0. The number of nitrogens with zero attached hydrogens (tertiary/aromatic N) is 1. The molecule has 0 bridgehead atoms. The SMILES string of the molecule is Cc1ccc(F)cc1NC(=O)c1cc(C(C)C)nc2ccccc12. The van der Waals surface area contributed by atoms with Gasteiger partial charge in [-0.1, -0.05) is 38.1 Å². The highest BCUT2D eigenvalue weighted by Gasteiger charge is 2.15. The van der Waals surface area contributed by atoms with Crippen molar-refractivity contribution in [2.24, 2.45) is 0 Å². The quantitative estimate of drug-likeness (QED) is 0.732. The Morgan fingerprint density at radius 2 is 1.88 bits per heavy atom. The van der Waals surface area contributed by atoms with Gasteiger partial charge in [-0.3, -0.25) is 9.78 Å². The topological polar surface area (TPSA) is 42.0 Å². The molecule has 4 heteroatoms. The molecule has 0 aliphatic rings. The number of carbonyl (C=O) groups excluding carboxylic acids is 1. The van der Waals surface area contributed by atoms with E-state index in [9.17, 15) is 9.18 Å². The van der Waals surface area contributed by atoms with E-state index >= 15 is 0 Å². The van der Waals surface area contributed by atoms with Gasteiger partial charge in [0.1, 0.15) is 5.82 Å². The third-order valence-corrected chi connectivity index (χ3v) is 4.02. The summed E-state index contributed by atoms with van der Waals surface area (Å²) in [7, 11) is 0. The van der Waals surface area contributed by atoms with Crippen LogP contribution in [0.25, 0.3) is 10.9 Å². The molecule has 0 spiro atoms. The number of amides is 1. The number of fused-ring (bicyclic) bond motifs is 1. The van der Waals surface area contributed by atoms with E-state index < -0.39 is 0 Å². The number of hydrogen-bond acceptors (Lipinski definition) is 2. The molecule has 1 amide bonds. The number of benzene rings is 2. The zero-order valence-corrected chi connectivity index (χ0v) is 13.9. The number of aromatic nitrogens is 1. The first-order valence-corrected chi connectivity index (χ1v) is 7.93. The van der Waals surface area contributed by atoms with Crippen LogP contribution in [0.3, 0.4) is 0 Å². The fourth-order valence-electron chi connectivity index (χ4n) is 2.60.